The molecule has 1 aliphatic rings. The maximum absolute atomic E-state index is 13.5. The van der Waals surface area contributed by atoms with Gasteiger partial charge >= 0.3 is 0 Å². The van der Waals surface area contributed by atoms with Crippen LogP contribution < -0.4 is 11.1 Å². The molecule has 1 aliphatic heterocycles. The van der Waals surface area contributed by atoms with Crippen LogP contribution in [0.3, 0.4) is 0 Å². The fourth-order valence-electron chi connectivity index (χ4n) is 3.64. The molecule has 6 nitrogen and oxygen atoms in total. The van der Waals surface area contributed by atoms with E-state index in [1.807, 2.05) is 0 Å². The Morgan fingerprint density at radius 3 is 2.66 bits per heavy atom. The Morgan fingerprint density at radius 2 is 1.97 bits per heavy atom. The van der Waals surface area contributed by atoms with Crippen LogP contribution in [0.2, 0.25) is 0 Å². The predicted octanol–water partition coefficient (Wildman–Crippen LogP) is 3.49. The number of nitrogens with one attached hydrogen (secondary N) is 1. The highest BCUT2D eigenvalue weighted by molar-refractivity contribution is 7.21. The number of carbonyl (C=O) groups excluding carboxylic acids is 2. The van der Waals surface area contributed by atoms with Gasteiger partial charge in [0, 0.05) is 30.6 Å². The summed E-state index contributed by atoms with van der Waals surface area (Å²) < 4.78 is 27.1. The number of nitrogens with zero attached hydrogens (tertiary/aromatic N) is 2. The summed E-state index contributed by atoms with van der Waals surface area (Å²) >= 11 is 1.19. The van der Waals surface area contributed by atoms with E-state index in [0.717, 1.165) is 24.6 Å². The fourth-order valence-corrected chi connectivity index (χ4v) is 4.69. The number of carbonyl (C=O) groups is 2. The van der Waals surface area contributed by atoms with Crippen LogP contribution in [0, 0.1) is 11.6 Å². The zero-order chi connectivity index (χ0) is 20.7. The van der Waals surface area contributed by atoms with Gasteiger partial charge < -0.3 is 16.0 Å². The van der Waals surface area contributed by atoms with Gasteiger partial charge in [-0.1, -0.05) is 0 Å². The van der Waals surface area contributed by atoms with Crippen molar-refractivity contribution in [2.75, 3.05) is 19.3 Å². The fraction of sp³-hybridized carbons (Fsp3) is 0.250. The van der Waals surface area contributed by atoms with Crippen LogP contribution >= 0.6 is 11.3 Å². The number of anilines is 1. The minimum absolute atomic E-state index is 0.0299. The number of hydrogen-bond acceptors (Lipinski definition) is 5. The lowest BCUT2D eigenvalue weighted by Gasteiger charge is -2.24. The van der Waals surface area contributed by atoms with E-state index >= 15 is 0 Å². The van der Waals surface area contributed by atoms with Crippen LogP contribution in [-0.2, 0) is 0 Å². The highest BCUT2D eigenvalue weighted by atomic mass is 32.1. The average Bonchev–Trinajstić information content (AvgIpc) is 3.31. The lowest BCUT2D eigenvalue weighted by Crippen LogP contribution is -2.31. The smallest absolute Gasteiger partial charge is 0.263 e. The molecule has 0 saturated carbocycles. The molecule has 0 aliphatic carbocycles. The second kappa shape index (κ2) is 7.40. The number of amides is 2. The number of hydrogen-bond donors (Lipinski definition) is 2. The Hall–Kier alpha value is -3.07. The maximum Gasteiger partial charge on any atom is 0.263 e. The van der Waals surface area contributed by atoms with Gasteiger partial charge in [-0.05, 0) is 37.1 Å². The molecule has 2 aromatic heterocycles. The number of fused-ring (bicyclic) bond motifs is 1. The van der Waals surface area contributed by atoms with Crippen LogP contribution in [-0.4, -0.2) is 35.3 Å². The van der Waals surface area contributed by atoms with Gasteiger partial charge in [-0.3, -0.25) is 9.59 Å². The summed E-state index contributed by atoms with van der Waals surface area (Å²) in [5.74, 6) is -2.30. The molecule has 29 heavy (non-hydrogen) atoms. The highest BCUT2D eigenvalue weighted by Gasteiger charge is 2.32. The number of nitrogen functional groups attached to an aromatic ring is 1. The number of aromatic nitrogens is 1. The zero-order valence-corrected chi connectivity index (χ0v) is 16.4. The van der Waals surface area contributed by atoms with Crippen molar-refractivity contribution >= 4 is 39.1 Å². The van der Waals surface area contributed by atoms with Gasteiger partial charge in [-0.2, -0.15) is 0 Å². The standard InChI is InChI=1S/C20H18F2N4O2S/c1-24-18(27)17-16(23)13-4-5-14(25-19(13)29-17)15-3-2-6-26(15)20(28)10-7-11(21)9-12(22)8-10/h4-5,7-9,15H,2-3,6,23H2,1H3,(H,24,27). The normalized spacial score (nSPS) is 16.4. The van der Waals surface area contributed by atoms with E-state index in [-0.39, 0.29) is 17.5 Å². The van der Waals surface area contributed by atoms with Crippen molar-refractivity contribution in [3.63, 3.8) is 0 Å². The lowest BCUT2D eigenvalue weighted by molar-refractivity contribution is 0.0732. The van der Waals surface area contributed by atoms with Crippen LogP contribution in [0.15, 0.2) is 30.3 Å². The summed E-state index contributed by atoms with van der Waals surface area (Å²) in [5.41, 5.74) is 7.07. The van der Waals surface area contributed by atoms with Crippen molar-refractivity contribution in [1.82, 2.24) is 15.2 Å². The number of benzene rings is 1. The topological polar surface area (TPSA) is 88.3 Å². The van der Waals surface area contributed by atoms with E-state index in [4.69, 9.17) is 5.73 Å². The Morgan fingerprint density at radius 1 is 1.24 bits per heavy atom. The summed E-state index contributed by atoms with van der Waals surface area (Å²) in [7, 11) is 1.53. The molecule has 150 valence electrons. The van der Waals surface area contributed by atoms with E-state index in [0.29, 0.717) is 39.4 Å². The molecule has 1 fully saturated rings. The molecule has 1 aromatic carbocycles. The molecular formula is C20H18F2N4O2S. The van der Waals surface area contributed by atoms with Gasteiger partial charge in [-0.15, -0.1) is 11.3 Å². The van der Waals surface area contributed by atoms with Crippen molar-refractivity contribution in [2.45, 2.75) is 18.9 Å². The molecule has 0 spiro atoms. The number of rotatable bonds is 3. The van der Waals surface area contributed by atoms with Crippen LogP contribution in [0.1, 0.15) is 44.6 Å². The number of thiophene rings is 1. The second-order valence-corrected chi connectivity index (χ2v) is 7.83. The van der Waals surface area contributed by atoms with Crippen molar-refractivity contribution in [3.8, 4) is 0 Å². The van der Waals surface area contributed by atoms with Gasteiger partial charge in [-0.25, -0.2) is 13.8 Å². The summed E-state index contributed by atoms with van der Waals surface area (Å²) in [4.78, 5) is 32.1. The van der Waals surface area contributed by atoms with Crippen molar-refractivity contribution in [2.24, 2.45) is 0 Å². The maximum atomic E-state index is 13.5. The number of halogens is 2. The SMILES string of the molecule is CNC(=O)c1sc2nc(C3CCCN3C(=O)c3cc(F)cc(F)c3)ccc2c1N. The first kappa shape index (κ1) is 19.3. The van der Waals surface area contributed by atoms with Gasteiger partial charge in [0.25, 0.3) is 11.8 Å². The highest BCUT2D eigenvalue weighted by Crippen LogP contribution is 2.37. The van der Waals surface area contributed by atoms with E-state index in [1.54, 1.807) is 17.0 Å². The Labute approximate surface area is 169 Å². The van der Waals surface area contributed by atoms with Crippen LogP contribution in [0.25, 0.3) is 10.2 Å². The number of pyridine rings is 1. The molecule has 9 heteroatoms. The summed E-state index contributed by atoms with van der Waals surface area (Å²) in [6, 6.07) is 6.06. The van der Waals surface area contributed by atoms with E-state index in [1.165, 1.54) is 18.4 Å². The van der Waals surface area contributed by atoms with Crippen molar-refractivity contribution in [3.05, 3.63) is 58.1 Å². The zero-order valence-electron chi connectivity index (χ0n) is 15.5. The first-order valence-electron chi connectivity index (χ1n) is 9.07. The molecule has 4 rings (SSSR count). The van der Waals surface area contributed by atoms with Crippen LogP contribution in [0.5, 0.6) is 0 Å². The summed E-state index contributed by atoms with van der Waals surface area (Å²) in [6.07, 6.45) is 1.44. The Kier molecular flexibility index (Phi) is 4.91. The molecule has 1 atom stereocenters. The second-order valence-electron chi connectivity index (χ2n) is 6.83. The molecule has 3 heterocycles. The van der Waals surface area contributed by atoms with Gasteiger partial charge in [0.15, 0.2) is 0 Å². The third kappa shape index (κ3) is 3.42. The van der Waals surface area contributed by atoms with E-state index < -0.39 is 17.5 Å². The average molecular weight is 416 g/mol. The number of likely N-dealkylation sites (tertiary alicyclic amines) is 1. The molecule has 1 unspecified atom stereocenters. The monoisotopic (exact) mass is 416 g/mol. The molecule has 3 N–H and O–H groups in total. The quantitative estimate of drug-likeness (QED) is 0.684. The lowest BCUT2D eigenvalue weighted by atomic mass is 10.1. The molecule has 2 amide bonds. The predicted molar refractivity (Wildman–Crippen MR) is 107 cm³/mol. The molecule has 3 aromatic rings. The first-order chi connectivity index (χ1) is 13.9. The summed E-state index contributed by atoms with van der Waals surface area (Å²) in [6.45, 7) is 0.470. The van der Waals surface area contributed by atoms with Crippen molar-refractivity contribution in [1.29, 1.82) is 0 Å². The Bertz CT molecular complexity index is 1110. The Balaban J connectivity index is 1.68. The molecule has 0 radical (unpaired) electrons. The van der Waals surface area contributed by atoms with Gasteiger partial charge in [0.05, 0.1) is 17.4 Å². The summed E-state index contributed by atoms with van der Waals surface area (Å²) in [5, 5.41) is 3.23. The number of nitrogens with two attached hydrogens (primary N) is 1. The first-order valence-corrected chi connectivity index (χ1v) is 9.88. The van der Waals surface area contributed by atoms with Gasteiger partial charge in [0.2, 0.25) is 0 Å². The third-order valence-corrected chi connectivity index (χ3v) is 6.13. The molecular weight excluding hydrogens is 398 g/mol. The molecule has 1 saturated heterocycles. The third-order valence-electron chi connectivity index (χ3n) is 5.01. The minimum atomic E-state index is -0.792. The van der Waals surface area contributed by atoms with Crippen LogP contribution in [0.4, 0.5) is 14.5 Å². The van der Waals surface area contributed by atoms with Gasteiger partial charge in [0.1, 0.15) is 21.3 Å². The van der Waals surface area contributed by atoms with E-state index in [2.05, 4.69) is 10.3 Å². The largest absolute Gasteiger partial charge is 0.397 e. The minimum Gasteiger partial charge on any atom is -0.397 e. The van der Waals surface area contributed by atoms with Crippen molar-refractivity contribution < 1.29 is 18.4 Å². The molecule has 0 bridgehead atoms. The van der Waals surface area contributed by atoms with E-state index in [9.17, 15) is 18.4 Å².